The van der Waals surface area contributed by atoms with E-state index in [2.05, 4.69) is 0 Å². The molecule has 0 spiro atoms. The molecule has 0 saturated carbocycles. The van der Waals surface area contributed by atoms with Crippen molar-refractivity contribution in [2.24, 2.45) is 0 Å². The van der Waals surface area contributed by atoms with E-state index < -0.39 is 37.3 Å². The molecule has 0 aliphatic carbocycles. The van der Waals surface area contributed by atoms with Gasteiger partial charge in [0.05, 0.1) is 19.1 Å². The Kier molecular flexibility index (Phi) is 4.75. The fourth-order valence-corrected chi connectivity index (χ4v) is 0.664. The van der Waals surface area contributed by atoms with Crippen molar-refractivity contribution in [1.82, 2.24) is 0 Å². The molecule has 6 nitrogen and oxygen atoms in total. The van der Waals surface area contributed by atoms with Crippen molar-refractivity contribution in [3.63, 3.8) is 0 Å². The van der Waals surface area contributed by atoms with Crippen molar-refractivity contribution in [1.29, 1.82) is 0 Å². The van der Waals surface area contributed by atoms with Gasteiger partial charge in [-0.2, -0.15) is 0 Å². The first-order chi connectivity index (χ1) is 5.49. The zero-order valence-corrected chi connectivity index (χ0v) is 6.29. The van der Waals surface area contributed by atoms with Gasteiger partial charge in [0.25, 0.3) is 0 Å². The van der Waals surface area contributed by atoms with Crippen molar-refractivity contribution in [3.05, 3.63) is 0 Å². The molecular weight excluding hydrogens is 168 g/mol. The molecule has 0 fully saturated rings. The Morgan fingerprint density at radius 2 is 1.67 bits per heavy atom. The van der Waals surface area contributed by atoms with Crippen LogP contribution in [0.5, 0.6) is 0 Å². The zero-order chi connectivity index (χ0) is 9.72. The third kappa shape index (κ3) is 3.63. The lowest BCUT2D eigenvalue weighted by Crippen LogP contribution is -2.40. The van der Waals surface area contributed by atoms with Crippen molar-refractivity contribution in [2.75, 3.05) is 6.61 Å². The summed E-state index contributed by atoms with van der Waals surface area (Å²) in [5, 5.41) is 43.0. The van der Waals surface area contributed by atoms with Gasteiger partial charge in [0.2, 0.25) is 0 Å². The normalized spacial score (nSPS) is 18.3. The zero-order valence-electron chi connectivity index (χ0n) is 6.29. The minimum absolute atomic E-state index is 0.668. The molecule has 0 aromatic rings. The van der Waals surface area contributed by atoms with Gasteiger partial charge < -0.3 is 25.5 Å². The third-order valence-electron chi connectivity index (χ3n) is 1.36. The smallest absolute Gasteiger partial charge is 0.306 e. The maximum atomic E-state index is 10.0. The summed E-state index contributed by atoms with van der Waals surface area (Å²) >= 11 is 0. The number of hydrogen-bond acceptors (Lipinski definition) is 5. The molecule has 0 unspecified atom stereocenters. The van der Waals surface area contributed by atoms with E-state index >= 15 is 0 Å². The molecule has 6 heteroatoms. The van der Waals surface area contributed by atoms with Gasteiger partial charge in [-0.05, 0) is 0 Å². The number of aliphatic hydroxyl groups excluding tert-OH is 4. The molecule has 0 radical (unpaired) electrons. The highest BCUT2D eigenvalue weighted by Gasteiger charge is 2.25. The molecule has 0 rings (SSSR count). The molecule has 5 N–H and O–H groups in total. The Bertz CT molecular complexity index is 147. The van der Waals surface area contributed by atoms with E-state index in [0.29, 0.717) is 0 Å². The van der Waals surface area contributed by atoms with Crippen LogP contribution in [0.3, 0.4) is 0 Å². The second-order valence-electron chi connectivity index (χ2n) is 2.41. The predicted molar refractivity (Wildman–Crippen MR) is 37.4 cm³/mol. The first-order valence-corrected chi connectivity index (χ1v) is 3.36. The summed E-state index contributed by atoms with van der Waals surface area (Å²) in [4.78, 5) is 10.0. The standard InChI is InChI=1S/C6H12O6/c7-2-4(9)6(12)3(8)1-5(10)11/h3-4,6-9,12H,1-2H2,(H,10,11)/t3-,4+,6-/m0/s1. The summed E-state index contributed by atoms with van der Waals surface area (Å²) in [6, 6.07) is 0. The molecule has 0 aromatic carbocycles. The Balaban J connectivity index is 3.91. The van der Waals surface area contributed by atoms with Crippen LogP contribution in [0.2, 0.25) is 0 Å². The van der Waals surface area contributed by atoms with Crippen molar-refractivity contribution in [3.8, 4) is 0 Å². The average molecular weight is 180 g/mol. The number of aliphatic carboxylic acids is 1. The lowest BCUT2D eigenvalue weighted by Gasteiger charge is -2.19. The van der Waals surface area contributed by atoms with E-state index in [1.54, 1.807) is 0 Å². The Morgan fingerprint density at radius 3 is 2.00 bits per heavy atom. The molecule has 12 heavy (non-hydrogen) atoms. The first-order valence-electron chi connectivity index (χ1n) is 3.36. The van der Waals surface area contributed by atoms with Gasteiger partial charge in [0, 0.05) is 0 Å². The van der Waals surface area contributed by atoms with Crippen LogP contribution in [0, 0.1) is 0 Å². The third-order valence-corrected chi connectivity index (χ3v) is 1.36. The number of carbonyl (C=O) groups is 1. The predicted octanol–water partition coefficient (Wildman–Crippen LogP) is -2.46. The highest BCUT2D eigenvalue weighted by molar-refractivity contribution is 5.67. The number of rotatable bonds is 5. The van der Waals surface area contributed by atoms with Gasteiger partial charge in [-0.15, -0.1) is 0 Å². The van der Waals surface area contributed by atoms with E-state index in [1.165, 1.54) is 0 Å². The number of aliphatic hydroxyl groups is 4. The van der Waals surface area contributed by atoms with Gasteiger partial charge in [0.15, 0.2) is 0 Å². The minimum atomic E-state index is -1.63. The van der Waals surface area contributed by atoms with Crippen LogP contribution in [0.25, 0.3) is 0 Å². The van der Waals surface area contributed by atoms with Crippen LogP contribution in [0.1, 0.15) is 6.42 Å². The van der Waals surface area contributed by atoms with Crippen LogP contribution < -0.4 is 0 Å². The van der Waals surface area contributed by atoms with E-state index in [0.717, 1.165) is 0 Å². The van der Waals surface area contributed by atoms with Gasteiger partial charge >= 0.3 is 5.97 Å². The summed E-state index contributed by atoms with van der Waals surface area (Å²) in [7, 11) is 0. The molecule has 0 heterocycles. The first kappa shape index (κ1) is 11.3. The second-order valence-corrected chi connectivity index (χ2v) is 2.41. The van der Waals surface area contributed by atoms with Crippen LogP contribution in [-0.2, 0) is 4.79 Å². The Morgan fingerprint density at radius 1 is 1.17 bits per heavy atom. The van der Waals surface area contributed by atoms with Crippen LogP contribution >= 0.6 is 0 Å². The molecular formula is C6H12O6. The van der Waals surface area contributed by atoms with Crippen LogP contribution in [-0.4, -0.2) is 56.4 Å². The highest BCUT2D eigenvalue weighted by atomic mass is 16.4. The summed E-state index contributed by atoms with van der Waals surface area (Å²) < 4.78 is 0. The van der Waals surface area contributed by atoms with Crippen molar-refractivity contribution >= 4 is 5.97 Å². The molecule has 0 aromatic heterocycles. The van der Waals surface area contributed by atoms with Crippen molar-refractivity contribution in [2.45, 2.75) is 24.7 Å². The summed E-state index contributed by atoms with van der Waals surface area (Å²) in [5.74, 6) is -1.29. The lowest BCUT2D eigenvalue weighted by molar-refractivity contribution is -0.143. The number of carboxylic acid groups (broad SMARTS) is 1. The van der Waals surface area contributed by atoms with Crippen LogP contribution in [0.15, 0.2) is 0 Å². The van der Waals surface area contributed by atoms with E-state index in [1.807, 2.05) is 0 Å². The lowest BCUT2D eigenvalue weighted by atomic mass is 10.1. The van der Waals surface area contributed by atoms with E-state index in [4.69, 9.17) is 25.5 Å². The van der Waals surface area contributed by atoms with Gasteiger partial charge in [-0.25, -0.2) is 0 Å². The number of carboxylic acids is 1. The topological polar surface area (TPSA) is 118 Å². The Hall–Kier alpha value is -0.690. The summed E-state index contributed by atoms with van der Waals surface area (Å²) in [5.41, 5.74) is 0. The molecule has 0 aliphatic heterocycles. The fourth-order valence-electron chi connectivity index (χ4n) is 0.664. The van der Waals surface area contributed by atoms with Crippen molar-refractivity contribution < 1.29 is 30.3 Å². The molecule has 0 amide bonds. The average Bonchev–Trinajstić information content (AvgIpc) is 2.00. The Labute approximate surface area is 68.7 Å². The summed E-state index contributed by atoms with van der Waals surface area (Å²) in [6.07, 6.45) is -5.38. The molecule has 3 atom stereocenters. The second kappa shape index (κ2) is 5.04. The van der Waals surface area contributed by atoms with Gasteiger partial charge in [0.1, 0.15) is 12.2 Å². The quantitative estimate of drug-likeness (QED) is 0.320. The fraction of sp³-hybridized carbons (Fsp3) is 0.833. The van der Waals surface area contributed by atoms with Gasteiger partial charge in [-0.1, -0.05) is 0 Å². The molecule has 72 valence electrons. The maximum Gasteiger partial charge on any atom is 0.306 e. The summed E-state index contributed by atoms with van der Waals surface area (Å²) in [6.45, 7) is -0.724. The van der Waals surface area contributed by atoms with Crippen LogP contribution in [0.4, 0.5) is 0 Å². The monoisotopic (exact) mass is 180 g/mol. The SMILES string of the molecule is O=C(O)C[C@H](O)[C@H](O)[C@H](O)CO. The van der Waals surface area contributed by atoms with Gasteiger partial charge in [-0.3, -0.25) is 4.79 Å². The van der Waals surface area contributed by atoms with E-state index in [9.17, 15) is 4.79 Å². The molecule has 0 bridgehead atoms. The molecule has 0 aliphatic rings. The molecule has 0 saturated heterocycles. The number of hydrogen-bond donors (Lipinski definition) is 5. The maximum absolute atomic E-state index is 10.0. The highest BCUT2D eigenvalue weighted by Crippen LogP contribution is 2.03. The van der Waals surface area contributed by atoms with E-state index in [-0.39, 0.29) is 0 Å². The minimum Gasteiger partial charge on any atom is -0.481 e. The largest absolute Gasteiger partial charge is 0.481 e.